The van der Waals surface area contributed by atoms with Crippen LogP contribution in [0.15, 0.2) is 126 Å². The summed E-state index contributed by atoms with van der Waals surface area (Å²) < 4.78 is 8.77. The Morgan fingerprint density at radius 2 is 1.43 bits per heavy atom. The molecule has 1 aliphatic rings. The van der Waals surface area contributed by atoms with E-state index in [0.717, 1.165) is 76.6 Å². The number of fused-ring (bicyclic) bond motifs is 2. The molecule has 3 heterocycles. The third kappa shape index (κ3) is 13.1. The summed E-state index contributed by atoms with van der Waals surface area (Å²) >= 11 is 1.81. The van der Waals surface area contributed by atoms with Crippen molar-refractivity contribution in [1.29, 1.82) is 0 Å². The van der Waals surface area contributed by atoms with Crippen molar-refractivity contribution < 1.29 is 9.53 Å². The number of piperazine rings is 1. The van der Waals surface area contributed by atoms with Gasteiger partial charge in [0.2, 0.25) is 5.91 Å². The van der Waals surface area contributed by atoms with E-state index in [-0.39, 0.29) is 17.9 Å². The van der Waals surface area contributed by atoms with Crippen molar-refractivity contribution in [3.63, 3.8) is 0 Å². The zero-order valence-electron chi connectivity index (χ0n) is 32.2. The molecule has 7 heteroatoms. The Morgan fingerprint density at radius 1 is 0.741 bits per heavy atom. The van der Waals surface area contributed by atoms with Crippen LogP contribution in [-0.4, -0.2) is 54.7 Å². The van der Waals surface area contributed by atoms with Crippen LogP contribution in [0.5, 0.6) is 5.75 Å². The number of ether oxygens (including phenoxy) is 1. The molecular weight excluding hydrogens is 687 g/mol. The minimum Gasteiger partial charge on any atom is -0.494 e. The molecule has 5 rings (SSSR count). The van der Waals surface area contributed by atoms with Gasteiger partial charge in [0, 0.05) is 60.5 Å². The Balaban J connectivity index is 0.965. The fraction of sp³-hybridized carbons (Fsp3) is 0.404. The zero-order valence-corrected chi connectivity index (χ0v) is 33.1. The second-order valence-electron chi connectivity index (χ2n) is 13.9. The fourth-order valence-corrected chi connectivity index (χ4v) is 7.61. The van der Waals surface area contributed by atoms with Crippen LogP contribution >= 0.6 is 11.3 Å². The van der Waals surface area contributed by atoms with Crippen LogP contribution in [0.3, 0.4) is 0 Å². The van der Waals surface area contributed by atoms with Gasteiger partial charge >= 0.3 is 0 Å². The molecule has 54 heavy (non-hydrogen) atoms. The second kappa shape index (κ2) is 23.4. The lowest BCUT2D eigenvalue weighted by atomic mass is 10.1. The molecule has 0 unspecified atom stereocenters. The molecule has 0 aliphatic carbocycles. The van der Waals surface area contributed by atoms with E-state index < -0.39 is 0 Å². The van der Waals surface area contributed by atoms with Crippen molar-refractivity contribution >= 4 is 43.9 Å². The number of allylic oxidation sites excluding steroid dienone is 10. The number of pyridine rings is 1. The van der Waals surface area contributed by atoms with E-state index in [9.17, 15) is 9.59 Å². The van der Waals surface area contributed by atoms with Gasteiger partial charge in [0.25, 0.3) is 5.56 Å². The molecule has 0 atom stereocenters. The van der Waals surface area contributed by atoms with Crippen molar-refractivity contribution in [2.45, 2.75) is 84.0 Å². The smallest absolute Gasteiger partial charge is 0.257 e. The number of carbonyl (C=O) groups is 1. The molecule has 286 valence electrons. The molecule has 1 saturated heterocycles. The molecule has 1 aliphatic heterocycles. The van der Waals surface area contributed by atoms with Gasteiger partial charge in [-0.1, -0.05) is 86.6 Å². The van der Waals surface area contributed by atoms with E-state index in [1.807, 2.05) is 24.3 Å². The molecule has 0 radical (unpaired) electrons. The number of nitrogens with zero attached hydrogens (tertiary/aromatic N) is 3. The van der Waals surface area contributed by atoms with E-state index in [0.29, 0.717) is 24.3 Å². The summed E-state index contributed by atoms with van der Waals surface area (Å²) in [5, 5.41) is 4.39. The molecule has 0 N–H and O–H groups in total. The summed E-state index contributed by atoms with van der Waals surface area (Å²) in [6.45, 7) is 8.13. The Morgan fingerprint density at radius 3 is 2.15 bits per heavy atom. The fourth-order valence-electron chi connectivity index (χ4n) is 6.80. The maximum Gasteiger partial charge on any atom is 0.257 e. The average Bonchev–Trinajstić information content (AvgIpc) is 3.68. The Kier molecular flexibility index (Phi) is 17.6. The van der Waals surface area contributed by atoms with Gasteiger partial charge in [-0.05, 0) is 111 Å². The maximum atomic E-state index is 13.2. The third-order valence-electron chi connectivity index (χ3n) is 9.86. The normalized spacial score (nSPS) is 14.4. The molecule has 4 aromatic rings. The molecule has 0 saturated carbocycles. The van der Waals surface area contributed by atoms with E-state index >= 15 is 0 Å². The van der Waals surface area contributed by atoms with Crippen LogP contribution in [0, 0.1) is 0 Å². The van der Waals surface area contributed by atoms with Gasteiger partial charge < -0.3 is 9.64 Å². The number of unbranched alkanes of at least 4 members (excludes halogenated alkanes) is 4. The van der Waals surface area contributed by atoms with Gasteiger partial charge in [0.1, 0.15) is 5.75 Å². The SMILES string of the molecule is CCCCC/C=C\C/C=C\C/C=C\CC=CC/C=C\CCC(=O)n1c(=O)ccc2ccc(OCCCCN3CCN(c4cccc5sccc45)CC3)cc21. The highest BCUT2D eigenvalue weighted by Crippen LogP contribution is 2.31. The molecule has 0 bridgehead atoms. The van der Waals surface area contributed by atoms with E-state index in [1.165, 1.54) is 52.1 Å². The first-order chi connectivity index (χ1) is 26.6. The van der Waals surface area contributed by atoms with E-state index in [1.54, 1.807) is 17.4 Å². The van der Waals surface area contributed by atoms with Gasteiger partial charge in [-0.25, -0.2) is 4.57 Å². The first-order valence-electron chi connectivity index (χ1n) is 20.1. The van der Waals surface area contributed by atoms with Crippen LogP contribution < -0.4 is 15.2 Å². The predicted molar refractivity (Wildman–Crippen MR) is 232 cm³/mol. The highest BCUT2D eigenvalue weighted by Gasteiger charge is 2.18. The summed E-state index contributed by atoms with van der Waals surface area (Å²) in [6, 6.07) is 17.8. The van der Waals surface area contributed by atoms with Gasteiger partial charge in [-0.2, -0.15) is 0 Å². The van der Waals surface area contributed by atoms with Crippen LogP contribution in [0.2, 0.25) is 0 Å². The number of hydrogen-bond donors (Lipinski definition) is 0. The van der Waals surface area contributed by atoms with Crippen LogP contribution in [-0.2, 0) is 0 Å². The zero-order chi connectivity index (χ0) is 37.6. The number of carbonyl (C=O) groups excluding carboxylic acids is 1. The summed E-state index contributed by atoms with van der Waals surface area (Å²) in [6.07, 6.45) is 33.5. The van der Waals surface area contributed by atoms with Gasteiger partial charge in [0.05, 0.1) is 12.1 Å². The highest BCUT2D eigenvalue weighted by atomic mass is 32.1. The molecule has 2 aromatic heterocycles. The predicted octanol–water partition coefficient (Wildman–Crippen LogP) is 11.5. The summed E-state index contributed by atoms with van der Waals surface area (Å²) in [5.74, 6) is 0.488. The molecule has 1 fully saturated rings. The Hall–Kier alpha value is -4.46. The minimum absolute atomic E-state index is 0.197. The number of aromatic nitrogens is 1. The topological polar surface area (TPSA) is 54.8 Å². The Labute approximate surface area is 326 Å². The minimum atomic E-state index is -0.304. The van der Waals surface area contributed by atoms with Crippen LogP contribution in [0.4, 0.5) is 5.69 Å². The monoisotopic (exact) mass is 745 g/mol. The highest BCUT2D eigenvalue weighted by molar-refractivity contribution is 7.17. The van der Waals surface area contributed by atoms with E-state index in [4.69, 9.17) is 4.74 Å². The molecule has 0 amide bonds. The molecule has 6 nitrogen and oxygen atoms in total. The first kappa shape index (κ1) is 40.7. The Bertz CT molecular complexity index is 1940. The van der Waals surface area contributed by atoms with Gasteiger partial charge in [-0.15, -0.1) is 11.3 Å². The summed E-state index contributed by atoms with van der Waals surface area (Å²) in [5.41, 5.74) is 1.66. The van der Waals surface area contributed by atoms with Crippen molar-refractivity contribution in [2.75, 3.05) is 44.2 Å². The molecular formula is C47H59N3O3S. The van der Waals surface area contributed by atoms with Gasteiger partial charge in [0.15, 0.2) is 0 Å². The van der Waals surface area contributed by atoms with Gasteiger partial charge in [-0.3, -0.25) is 14.5 Å². The van der Waals surface area contributed by atoms with Crippen molar-refractivity contribution in [2.24, 2.45) is 0 Å². The largest absolute Gasteiger partial charge is 0.494 e. The number of benzene rings is 2. The maximum absolute atomic E-state index is 13.2. The summed E-state index contributed by atoms with van der Waals surface area (Å²) in [7, 11) is 0. The van der Waals surface area contributed by atoms with E-state index in [2.05, 4.69) is 101 Å². The summed E-state index contributed by atoms with van der Waals surface area (Å²) in [4.78, 5) is 31.1. The molecule has 0 spiro atoms. The van der Waals surface area contributed by atoms with Crippen molar-refractivity contribution in [3.05, 3.63) is 131 Å². The van der Waals surface area contributed by atoms with Crippen LogP contribution in [0.25, 0.3) is 21.0 Å². The number of anilines is 1. The van der Waals surface area contributed by atoms with Crippen molar-refractivity contribution in [1.82, 2.24) is 9.47 Å². The lowest BCUT2D eigenvalue weighted by molar-refractivity contribution is 0.0905. The average molecular weight is 746 g/mol. The van der Waals surface area contributed by atoms with Crippen molar-refractivity contribution in [3.8, 4) is 5.75 Å². The quantitative estimate of drug-likeness (QED) is 0.0592. The third-order valence-corrected chi connectivity index (χ3v) is 10.7. The second-order valence-corrected chi connectivity index (χ2v) is 14.9. The lowest BCUT2D eigenvalue weighted by Crippen LogP contribution is -2.46. The number of rotatable bonds is 22. The van der Waals surface area contributed by atoms with Crippen LogP contribution in [0.1, 0.15) is 88.8 Å². The standard InChI is InChI=1S/C47H59N3O3S/c1-2-3-4-5-6-7-8-9-10-11-12-13-14-15-16-17-18-19-20-26-46(51)50-44-39-41(29-27-40(44)28-30-47(50)52)53-37-22-21-32-48-33-35-49(36-34-48)43-24-23-25-45-42(43)31-38-54-45/h6-7,9-10,12-13,15-16,18-19,23-25,27-31,38-39H,2-5,8,11,14,17,20-22,26,32-37H2,1H3/b7-6-,10-9-,13-12-,16-15?,19-18-. The lowest BCUT2D eigenvalue weighted by Gasteiger charge is -2.36. The number of thiophene rings is 1. The number of hydrogen-bond acceptors (Lipinski definition) is 6. The molecule has 2 aromatic carbocycles. The first-order valence-corrected chi connectivity index (χ1v) is 21.0.